The molecule has 3 aromatic rings. The first kappa shape index (κ1) is 18.2. The molecule has 2 heterocycles. The second kappa shape index (κ2) is 7.77. The normalized spacial score (nSPS) is 13.8. The van der Waals surface area contributed by atoms with Gasteiger partial charge in [-0.2, -0.15) is 0 Å². The fourth-order valence-electron chi connectivity index (χ4n) is 2.65. The number of nitrogens with zero attached hydrogens (tertiary/aromatic N) is 2. The zero-order valence-electron chi connectivity index (χ0n) is 15.3. The van der Waals surface area contributed by atoms with E-state index in [2.05, 4.69) is 66.1 Å². The molecule has 0 unspecified atom stereocenters. The number of hydrogen-bond acceptors (Lipinski definition) is 5. The summed E-state index contributed by atoms with van der Waals surface area (Å²) in [7, 11) is 0. The van der Waals surface area contributed by atoms with Crippen molar-refractivity contribution >= 4 is 22.7 Å². The van der Waals surface area contributed by atoms with Gasteiger partial charge in [0.2, 0.25) is 0 Å². The van der Waals surface area contributed by atoms with Crippen molar-refractivity contribution in [2.75, 3.05) is 0 Å². The fourth-order valence-corrected chi connectivity index (χ4v) is 4.48. The van der Waals surface area contributed by atoms with Crippen LogP contribution in [0.3, 0.4) is 0 Å². The van der Waals surface area contributed by atoms with Crippen LogP contribution in [-0.2, 0) is 18.5 Å². The van der Waals surface area contributed by atoms with Crippen LogP contribution in [0.4, 0.5) is 0 Å². The van der Waals surface area contributed by atoms with E-state index in [0.29, 0.717) is 0 Å². The van der Waals surface area contributed by atoms with Gasteiger partial charge in [0.15, 0.2) is 0 Å². The van der Waals surface area contributed by atoms with Crippen LogP contribution in [0.2, 0.25) is 0 Å². The Kier molecular flexibility index (Phi) is 5.67. The van der Waals surface area contributed by atoms with Crippen molar-refractivity contribution in [1.29, 1.82) is 0 Å². The summed E-state index contributed by atoms with van der Waals surface area (Å²) in [5, 5.41) is 10.2. The quantitative estimate of drug-likeness (QED) is 0.591. The van der Waals surface area contributed by atoms with Gasteiger partial charge in [-0.25, -0.2) is 9.97 Å². The molecule has 0 saturated carbocycles. The lowest BCUT2D eigenvalue weighted by molar-refractivity contribution is 0.347. The summed E-state index contributed by atoms with van der Waals surface area (Å²) in [5.74, 6) is 0. The average molecular weight is 372 g/mol. The Labute approximate surface area is 158 Å². The van der Waals surface area contributed by atoms with Gasteiger partial charge in [0.1, 0.15) is 10.0 Å². The van der Waals surface area contributed by atoms with Crippen LogP contribution in [0.5, 0.6) is 0 Å². The molecule has 0 spiro atoms. The van der Waals surface area contributed by atoms with E-state index in [-0.39, 0.29) is 5.54 Å². The van der Waals surface area contributed by atoms with Gasteiger partial charge in [-0.05, 0) is 32.3 Å². The van der Waals surface area contributed by atoms with E-state index in [1.807, 2.05) is 6.92 Å². The highest BCUT2D eigenvalue weighted by Gasteiger charge is 2.27. The van der Waals surface area contributed by atoms with Crippen LogP contribution >= 0.6 is 22.7 Å². The molecule has 5 heteroatoms. The van der Waals surface area contributed by atoms with E-state index in [4.69, 9.17) is 4.98 Å². The largest absolute Gasteiger partial charge is 0.300 e. The Morgan fingerprint density at radius 3 is 2.40 bits per heavy atom. The van der Waals surface area contributed by atoms with E-state index < -0.39 is 0 Å². The molecular formula is C20H25N3S2. The monoisotopic (exact) mass is 371 g/mol. The van der Waals surface area contributed by atoms with Crippen molar-refractivity contribution in [3.05, 3.63) is 57.0 Å². The third-order valence-electron chi connectivity index (χ3n) is 4.62. The number of thiazole rings is 2. The van der Waals surface area contributed by atoms with Crippen LogP contribution in [0.1, 0.15) is 49.2 Å². The van der Waals surface area contributed by atoms with Gasteiger partial charge < -0.3 is 0 Å². The first-order chi connectivity index (χ1) is 12.0. The summed E-state index contributed by atoms with van der Waals surface area (Å²) in [4.78, 5) is 9.48. The molecule has 3 nitrogen and oxygen atoms in total. The second-order valence-electron chi connectivity index (χ2n) is 6.53. The van der Waals surface area contributed by atoms with E-state index in [0.717, 1.165) is 40.8 Å². The number of benzene rings is 1. The molecule has 0 aliphatic carbocycles. The van der Waals surface area contributed by atoms with Crippen LogP contribution in [0.15, 0.2) is 35.0 Å². The highest BCUT2D eigenvalue weighted by Crippen LogP contribution is 2.29. The van der Waals surface area contributed by atoms with Gasteiger partial charge in [-0.15, -0.1) is 22.7 Å². The third-order valence-corrected chi connectivity index (χ3v) is 6.78. The third kappa shape index (κ3) is 4.17. The van der Waals surface area contributed by atoms with E-state index >= 15 is 0 Å². The van der Waals surface area contributed by atoms with Crippen molar-refractivity contribution in [2.24, 2.45) is 0 Å². The maximum Gasteiger partial charge on any atom is 0.123 e. The standard InChI is InChI=1S/C20H25N3S2/c1-5-15-7-9-16(10-8-15)18-23-17(13-24-18)11-21-20(4,6-2)19-22-14(3)12-25-19/h7-10,12-13,21H,5-6,11H2,1-4H3/t20-/m1/s1. The van der Waals surface area contributed by atoms with Crippen molar-refractivity contribution < 1.29 is 0 Å². The molecule has 1 N–H and O–H groups in total. The van der Waals surface area contributed by atoms with E-state index in [1.54, 1.807) is 22.7 Å². The lowest BCUT2D eigenvalue weighted by atomic mass is 10.00. The van der Waals surface area contributed by atoms with Crippen molar-refractivity contribution in [3.8, 4) is 10.6 Å². The summed E-state index contributed by atoms with van der Waals surface area (Å²) >= 11 is 3.44. The average Bonchev–Trinajstić information content (AvgIpc) is 3.29. The van der Waals surface area contributed by atoms with Gasteiger partial charge in [0.05, 0.1) is 11.2 Å². The van der Waals surface area contributed by atoms with Crippen LogP contribution < -0.4 is 5.32 Å². The minimum atomic E-state index is -0.106. The highest BCUT2D eigenvalue weighted by atomic mass is 32.1. The van der Waals surface area contributed by atoms with Crippen molar-refractivity contribution in [3.63, 3.8) is 0 Å². The molecule has 0 amide bonds. The Balaban J connectivity index is 1.70. The van der Waals surface area contributed by atoms with Gasteiger partial charge in [-0.3, -0.25) is 5.32 Å². The van der Waals surface area contributed by atoms with Gasteiger partial charge >= 0.3 is 0 Å². The fraction of sp³-hybridized carbons (Fsp3) is 0.400. The Bertz CT molecular complexity index is 820. The summed E-state index contributed by atoms with van der Waals surface area (Å²) in [6.45, 7) is 9.41. The van der Waals surface area contributed by atoms with Gasteiger partial charge in [0, 0.05) is 28.6 Å². The molecule has 2 aromatic heterocycles. The number of nitrogens with one attached hydrogen (secondary N) is 1. The highest BCUT2D eigenvalue weighted by molar-refractivity contribution is 7.13. The SMILES string of the molecule is CCc1ccc(-c2nc(CN[C@](C)(CC)c3nc(C)cs3)cs2)cc1. The predicted octanol–water partition coefficient (Wildman–Crippen LogP) is 5.55. The maximum absolute atomic E-state index is 4.81. The van der Waals surface area contributed by atoms with E-state index in [1.165, 1.54) is 11.1 Å². The minimum Gasteiger partial charge on any atom is -0.300 e. The van der Waals surface area contributed by atoms with Crippen molar-refractivity contribution in [1.82, 2.24) is 15.3 Å². The Morgan fingerprint density at radius 2 is 1.80 bits per heavy atom. The predicted molar refractivity (Wildman–Crippen MR) is 108 cm³/mol. The summed E-state index contributed by atoms with van der Waals surface area (Å²) in [6.07, 6.45) is 2.06. The van der Waals surface area contributed by atoms with E-state index in [9.17, 15) is 0 Å². The lowest BCUT2D eigenvalue weighted by Crippen LogP contribution is -2.38. The first-order valence-corrected chi connectivity index (χ1v) is 10.5. The van der Waals surface area contributed by atoms with Crippen LogP contribution in [-0.4, -0.2) is 9.97 Å². The molecule has 0 fully saturated rings. The molecule has 0 radical (unpaired) electrons. The smallest absolute Gasteiger partial charge is 0.123 e. The first-order valence-electron chi connectivity index (χ1n) is 8.75. The molecule has 0 aliphatic heterocycles. The molecule has 3 rings (SSSR count). The van der Waals surface area contributed by atoms with Gasteiger partial charge in [-0.1, -0.05) is 38.1 Å². The summed E-state index contributed by atoms with van der Waals surface area (Å²) < 4.78 is 0. The van der Waals surface area contributed by atoms with Gasteiger partial charge in [0.25, 0.3) is 0 Å². The number of aryl methyl sites for hydroxylation is 2. The lowest BCUT2D eigenvalue weighted by Gasteiger charge is -2.27. The van der Waals surface area contributed by atoms with Crippen molar-refractivity contribution in [2.45, 2.75) is 52.6 Å². The molecule has 25 heavy (non-hydrogen) atoms. The minimum absolute atomic E-state index is 0.106. The molecule has 1 aromatic carbocycles. The zero-order valence-corrected chi connectivity index (χ0v) is 16.9. The summed E-state index contributed by atoms with van der Waals surface area (Å²) in [6, 6.07) is 8.72. The van der Waals surface area contributed by atoms with Crippen LogP contribution in [0.25, 0.3) is 10.6 Å². The number of hydrogen-bond donors (Lipinski definition) is 1. The Morgan fingerprint density at radius 1 is 1.04 bits per heavy atom. The van der Waals surface area contributed by atoms with Crippen LogP contribution in [0, 0.1) is 6.92 Å². The maximum atomic E-state index is 4.81. The molecule has 132 valence electrons. The molecule has 0 aliphatic rings. The zero-order chi connectivity index (χ0) is 17.9. The molecule has 1 atom stereocenters. The second-order valence-corrected chi connectivity index (χ2v) is 8.24. The number of rotatable bonds is 7. The molecular weight excluding hydrogens is 346 g/mol. The topological polar surface area (TPSA) is 37.8 Å². The summed E-state index contributed by atoms with van der Waals surface area (Å²) in [5.41, 5.74) is 4.63. The molecule has 0 bridgehead atoms. The molecule has 0 saturated heterocycles. The number of aromatic nitrogens is 2. The Hall–Kier alpha value is -1.56.